The summed E-state index contributed by atoms with van der Waals surface area (Å²) in [5.74, 6) is 0. The predicted molar refractivity (Wildman–Crippen MR) is 49.0 cm³/mol. The zero-order chi connectivity index (χ0) is 12.6. The molecule has 0 spiro atoms. The van der Waals surface area contributed by atoms with Crippen LogP contribution in [0.1, 0.15) is 11.1 Å². The molecule has 0 N–H and O–H groups in total. The monoisotopic (exact) mass is 374 g/mol. The first kappa shape index (κ1) is 13.9. The van der Waals surface area contributed by atoms with E-state index in [0.29, 0.717) is 0 Å². The molecule has 0 aromatic heterocycles. The Hall–Kier alpha value is -0.161. The normalized spacial score (nSPS) is 12.9. The van der Waals surface area contributed by atoms with Crippen LogP contribution in [0.4, 0.5) is 26.3 Å². The van der Waals surface area contributed by atoms with Crippen LogP contribution in [0, 0.1) is 0 Å². The molecule has 0 aliphatic rings. The number of hydrogen-bond donors (Lipinski definition) is 0. The van der Waals surface area contributed by atoms with Crippen LogP contribution in [-0.2, 0) is 12.4 Å². The molecule has 0 aliphatic carbocycles. The molecule has 1 rings (SSSR count). The summed E-state index contributed by atoms with van der Waals surface area (Å²) >= 11 is 1.52. The fourth-order valence-electron chi connectivity index (χ4n) is 0.979. The minimum absolute atomic E-state index is 0.0506. The Bertz CT molecular complexity index is 349. The third kappa shape index (κ3) is 3.42. The topological polar surface area (TPSA) is 0 Å². The third-order valence-electron chi connectivity index (χ3n) is 1.67. The van der Waals surface area contributed by atoms with E-state index in [1.54, 1.807) is 0 Å². The second kappa shape index (κ2) is 4.61. The van der Waals surface area contributed by atoms with Crippen molar-refractivity contribution in [1.82, 2.24) is 0 Å². The van der Waals surface area contributed by atoms with Gasteiger partial charge in [-0.3, -0.25) is 0 Å². The van der Waals surface area contributed by atoms with E-state index in [0.717, 1.165) is 12.1 Å². The van der Waals surface area contributed by atoms with Crippen molar-refractivity contribution in [3.8, 4) is 0 Å². The van der Waals surface area contributed by atoms with Crippen molar-refractivity contribution in [2.75, 3.05) is 0 Å². The summed E-state index contributed by atoms with van der Waals surface area (Å²) in [6.07, 6.45) is -9.51. The number of benzene rings is 1. The summed E-state index contributed by atoms with van der Waals surface area (Å²) < 4.78 is 73.9. The van der Waals surface area contributed by atoms with Crippen LogP contribution in [0.5, 0.6) is 0 Å². The SMILES string of the molecule is FC(F)(F)c1cc([Se][SeH])cc(C(F)(F)F)c1. The minimum atomic E-state index is -4.76. The molecule has 1 aromatic carbocycles. The molecular weight excluding hydrogens is 368 g/mol. The van der Waals surface area contributed by atoms with Crippen molar-refractivity contribution >= 4 is 31.8 Å². The van der Waals surface area contributed by atoms with Gasteiger partial charge >= 0.3 is 99.8 Å². The molecule has 0 heterocycles. The van der Waals surface area contributed by atoms with Gasteiger partial charge in [-0.15, -0.1) is 0 Å². The van der Waals surface area contributed by atoms with Crippen LogP contribution in [0.25, 0.3) is 0 Å². The van der Waals surface area contributed by atoms with Gasteiger partial charge in [-0.25, -0.2) is 0 Å². The van der Waals surface area contributed by atoms with E-state index >= 15 is 0 Å². The fraction of sp³-hybridized carbons (Fsp3) is 0.250. The Morgan fingerprint density at radius 3 is 1.44 bits per heavy atom. The summed E-state index contributed by atoms with van der Waals surface area (Å²) in [7, 11) is 0. The molecule has 8 heteroatoms. The zero-order valence-corrected chi connectivity index (χ0v) is 10.9. The van der Waals surface area contributed by atoms with Crippen molar-refractivity contribution < 1.29 is 26.3 Å². The van der Waals surface area contributed by atoms with Crippen LogP contribution in [-0.4, -0.2) is 27.3 Å². The van der Waals surface area contributed by atoms with E-state index in [1.807, 2.05) is 14.2 Å². The van der Waals surface area contributed by atoms with Gasteiger partial charge in [0.15, 0.2) is 0 Å². The Labute approximate surface area is 99.9 Å². The summed E-state index contributed by atoms with van der Waals surface area (Å²) in [4.78, 5) is 0. The quantitative estimate of drug-likeness (QED) is 0.522. The van der Waals surface area contributed by atoms with Gasteiger partial charge in [-0.1, -0.05) is 0 Å². The number of alkyl halides is 6. The zero-order valence-electron chi connectivity index (χ0n) is 7.36. The molecule has 1 aromatic rings. The van der Waals surface area contributed by atoms with Crippen molar-refractivity contribution in [3.05, 3.63) is 29.3 Å². The molecule has 0 saturated heterocycles. The molecule has 0 nitrogen and oxygen atoms in total. The Balaban J connectivity index is 3.33. The van der Waals surface area contributed by atoms with Gasteiger partial charge in [0.05, 0.1) is 0 Å². The number of hydrogen-bond acceptors (Lipinski definition) is 0. The fourth-order valence-corrected chi connectivity index (χ4v) is 2.88. The van der Waals surface area contributed by atoms with Gasteiger partial charge in [0, 0.05) is 0 Å². The Kier molecular flexibility index (Phi) is 4.00. The summed E-state index contributed by atoms with van der Waals surface area (Å²) in [6, 6.07) is 1.61. The van der Waals surface area contributed by atoms with Gasteiger partial charge in [0.25, 0.3) is 0 Å². The second-order valence-corrected chi connectivity index (χ2v) is 6.20. The molecule has 0 unspecified atom stereocenters. The van der Waals surface area contributed by atoms with Crippen LogP contribution in [0.2, 0.25) is 0 Å². The average molecular weight is 372 g/mol. The first-order valence-electron chi connectivity index (χ1n) is 3.75. The molecule has 0 fully saturated rings. The van der Waals surface area contributed by atoms with E-state index in [2.05, 4.69) is 0 Å². The van der Waals surface area contributed by atoms with Gasteiger partial charge < -0.3 is 0 Å². The molecule has 0 amide bonds. The molecule has 0 saturated carbocycles. The molecule has 0 radical (unpaired) electrons. The second-order valence-electron chi connectivity index (χ2n) is 2.83. The van der Waals surface area contributed by atoms with Gasteiger partial charge in [0.1, 0.15) is 0 Å². The molecular formula is C8H4F6Se2. The molecule has 90 valence electrons. The van der Waals surface area contributed by atoms with Gasteiger partial charge in [-0.05, 0) is 0 Å². The van der Waals surface area contributed by atoms with Crippen LogP contribution in [0.3, 0.4) is 0 Å². The Morgan fingerprint density at radius 2 is 1.19 bits per heavy atom. The van der Waals surface area contributed by atoms with Crippen molar-refractivity contribution in [2.45, 2.75) is 12.4 Å². The molecule has 0 aliphatic heterocycles. The molecule has 0 bridgehead atoms. The van der Waals surface area contributed by atoms with Crippen molar-refractivity contribution in [2.24, 2.45) is 0 Å². The van der Waals surface area contributed by atoms with E-state index < -0.39 is 36.6 Å². The van der Waals surface area contributed by atoms with E-state index in [1.165, 1.54) is 0 Å². The third-order valence-corrected chi connectivity index (χ3v) is 4.90. The van der Waals surface area contributed by atoms with Crippen LogP contribution < -0.4 is 4.46 Å². The van der Waals surface area contributed by atoms with E-state index in [4.69, 9.17) is 0 Å². The van der Waals surface area contributed by atoms with Gasteiger partial charge in [0.2, 0.25) is 0 Å². The number of halogens is 6. The standard InChI is InChI=1S/C8H4F6Se2/c9-7(10,11)4-1-5(8(12,13)14)3-6(2-4)16-15/h1-3,15H. The first-order chi connectivity index (χ1) is 7.14. The number of rotatable bonds is 1. The summed E-state index contributed by atoms with van der Waals surface area (Å²) in [6.45, 7) is 0. The summed E-state index contributed by atoms with van der Waals surface area (Å²) in [5, 5.41) is 0. The molecule has 0 atom stereocenters. The Morgan fingerprint density at radius 1 is 0.812 bits per heavy atom. The van der Waals surface area contributed by atoms with E-state index in [9.17, 15) is 26.3 Å². The van der Waals surface area contributed by atoms with E-state index in [-0.39, 0.29) is 10.5 Å². The van der Waals surface area contributed by atoms with Crippen molar-refractivity contribution in [1.29, 1.82) is 0 Å². The van der Waals surface area contributed by atoms with Crippen LogP contribution in [0.15, 0.2) is 18.2 Å². The maximum absolute atomic E-state index is 12.3. The average Bonchev–Trinajstić information content (AvgIpc) is 2.14. The van der Waals surface area contributed by atoms with Gasteiger partial charge in [-0.2, -0.15) is 0 Å². The van der Waals surface area contributed by atoms with Crippen molar-refractivity contribution in [3.63, 3.8) is 0 Å². The van der Waals surface area contributed by atoms with Crippen LogP contribution >= 0.6 is 0 Å². The first-order valence-corrected chi connectivity index (χ1v) is 9.36. The molecule has 16 heavy (non-hydrogen) atoms. The predicted octanol–water partition coefficient (Wildman–Crippen LogP) is 1.87. The maximum atomic E-state index is 12.3. The summed E-state index contributed by atoms with van der Waals surface area (Å²) in [5.41, 5.74) is -2.52.